The van der Waals surface area contributed by atoms with Crippen LogP contribution in [0.5, 0.6) is 0 Å². The molecule has 2 N–H and O–H groups in total. The molecule has 94 valence electrons. The molecule has 1 rings (SSSR count). The summed E-state index contributed by atoms with van der Waals surface area (Å²) in [5, 5.41) is 0. The number of hydrogen-bond donors (Lipinski definition) is 1. The molecule has 3 heteroatoms. The third-order valence-corrected chi connectivity index (χ3v) is 2.96. The first-order chi connectivity index (χ1) is 8.04. The summed E-state index contributed by atoms with van der Waals surface area (Å²) in [6.45, 7) is 4.20. The van der Waals surface area contributed by atoms with Crippen LogP contribution < -0.4 is 5.73 Å². The first-order valence-corrected chi connectivity index (χ1v) is 5.94. The molecule has 1 aromatic carbocycles. The van der Waals surface area contributed by atoms with Gasteiger partial charge < -0.3 is 10.5 Å². The van der Waals surface area contributed by atoms with Crippen LogP contribution in [0.15, 0.2) is 18.2 Å². The molecule has 0 amide bonds. The van der Waals surface area contributed by atoms with Gasteiger partial charge in [0, 0.05) is 0 Å². The molecule has 0 heterocycles. The van der Waals surface area contributed by atoms with Crippen LogP contribution in [0, 0.1) is 13.8 Å². The van der Waals surface area contributed by atoms with Crippen LogP contribution in [0.4, 0.5) is 0 Å². The number of nitrogens with two attached hydrogens (primary N) is 1. The van der Waals surface area contributed by atoms with E-state index in [1.54, 1.807) is 0 Å². The van der Waals surface area contributed by atoms with Gasteiger partial charge in [0.1, 0.15) is 6.04 Å². The van der Waals surface area contributed by atoms with Crippen molar-refractivity contribution in [3.8, 4) is 0 Å². The van der Waals surface area contributed by atoms with Gasteiger partial charge in [-0.1, -0.05) is 23.8 Å². The summed E-state index contributed by atoms with van der Waals surface area (Å²) in [6.07, 6.45) is 2.52. The number of carbonyl (C=O) groups is 1. The van der Waals surface area contributed by atoms with Gasteiger partial charge in [0.25, 0.3) is 0 Å². The van der Waals surface area contributed by atoms with Crippen molar-refractivity contribution in [2.24, 2.45) is 5.73 Å². The fraction of sp³-hybridized carbons (Fsp3) is 0.500. The summed E-state index contributed by atoms with van der Waals surface area (Å²) >= 11 is 0. The standard InChI is InChI=1S/C14H21NO2/c1-10-7-8-12(11(2)9-10)5-4-6-13(15)14(16)17-3/h7-9,13H,4-6,15H2,1-3H3. The SMILES string of the molecule is COC(=O)C(N)CCCc1ccc(C)cc1C. The lowest BCUT2D eigenvalue weighted by Gasteiger charge is -2.10. The Bertz CT molecular complexity index is 388. The van der Waals surface area contributed by atoms with Gasteiger partial charge in [-0.25, -0.2) is 0 Å². The summed E-state index contributed by atoms with van der Waals surface area (Å²) < 4.78 is 4.59. The molecule has 0 bridgehead atoms. The van der Waals surface area contributed by atoms with E-state index in [1.807, 2.05) is 0 Å². The summed E-state index contributed by atoms with van der Waals surface area (Å²) in [4.78, 5) is 11.1. The predicted octanol–water partition coefficient (Wildman–Crippen LogP) is 2.13. The van der Waals surface area contributed by atoms with E-state index in [0.717, 1.165) is 12.8 Å². The summed E-state index contributed by atoms with van der Waals surface area (Å²) in [7, 11) is 1.37. The second-order valence-corrected chi connectivity index (χ2v) is 4.45. The molecule has 17 heavy (non-hydrogen) atoms. The zero-order valence-electron chi connectivity index (χ0n) is 10.8. The van der Waals surface area contributed by atoms with Gasteiger partial charge >= 0.3 is 5.97 Å². The Balaban J connectivity index is 2.43. The second kappa shape index (κ2) is 6.40. The number of benzene rings is 1. The van der Waals surface area contributed by atoms with Crippen LogP contribution in [0.3, 0.4) is 0 Å². The number of hydrogen-bond acceptors (Lipinski definition) is 3. The minimum Gasteiger partial charge on any atom is -0.468 e. The average molecular weight is 235 g/mol. The lowest BCUT2D eigenvalue weighted by atomic mass is 9.99. The fourth-order valence-electron chi connectivity index (χ4n) is 1.91. The highest BCUT2D eigenvalue weighted by atomic mass is 16.5. The molecular formula is C14H21NO2. The maximum Gasteiger partial charge on any atom is 0.322 e. The van der Waals surface area contributed by atoms with Crippen LogP contribution in [-0.2, 0) is 16.0 Å². The summed E-state index contributed by atoms with van der Waals surface area (Å²) in [5.41, 5.74) is 9.58. The third kappa shape index (κ3) is 4.19. The molecule has 0 saturated carbocycles. The molecule has 0 aliphatic rings. The summed E-state index contributed by atoms with van der Waals surface area (Å²) in [6, 6.07) is 5.94. The Morgan fingerprint density at radius 1 is 1.41 bits per heavy atom. The van der Waals surface area contributed by atoms with Crippen molar-refractivity contribution in [2.75, 3.05) is 7.11 Å². The topological polar surface area (TPSA) is 52.3 Å². The number of esters is 1. The molecule has 0 radical (unpaired) electrons. The van der Waals surface area contributed by atoms with Gasteiger partial charge in [0.2, 0.25) is 0 Å². The van der Waals surface area contributed by atoms with Gasteiger partial charge in [0.05, 0.1) is 7.11 Å². The average Bonchev–Trinajstić information content (AvgIpc) is 2.30. The van der Waals surface area contributed by atoms with Gasteiger partial charge in [0.15, 0.2) is 0 Å². The van der Waals surface area contributed by atoms with E-state index < -0.39 is 6.04 Å². The van der Waals surface area contributed by atoms with Gasteiger partial charge in [-0.2, -0.15) is 0 Å². The van der Waals surface area contributed by atoms with Crippen molar-refractivity contribution in [1.82, 2.24) is 0 Å². The maximum atomic E-state index is 11.1. The molecule has 1 aromatic rings. The Morgan fingerprint density at radius 2 is 2.12 bits per heavy atom. The van der Waals surface area contributed by atoms with Crippen molar-refractivity contribution in [1.29, 1.82) is 0 Å². The van der Waals surface area contributed by atoms with Gasteiger partial charge in [-0.05, 0) is 44.2 Å². The molecule has 0 saturated heterocycles. The molecule has 1 unspecified atom stereocenters. The van der Waals surface area contributed by atoms with E-state index in [1.165, 1.54) is 23.8 Å². The molecule has 0 aromatic heterocycles. The predicted molar refractivity (Wildman–Crippen MR) is 68.8 cm³/mol. The minimum absolute atomic E-state index is 0.328. The van der Waals surface area contributed by atoms with E-state index >= 15 is 0 Å². The van der Waals surface area contributed by atoms with E-state index in [2.05, 4.69) is 36.8 Å². The van der Waals surface area contributed by atoms with E-state index in [4.69, 9.17) is 5.73 Å². The van der Waals surface area contributed by atoms with Gasteiger partial charge in [-0.3, -0.25) is 4.79 Å². The van der Waals surface area contributed by atoms with Gasteiger partial charge in [-0.15, -0.1) is 0 Å². The molecule has 1 atom stereocenters. The monoisotopic (exact) mass is 235 g/mol. The summed E-state index contributed by atoms with van der Waals surface area (Å²) in [5.74, 6) is -0.328. The lowest BCUT2D eigenvalue weighted by molar-refractivity contribution is -0.142. The maximum absolute atomic E-state index is 11.1. The van der Waals surface area contributed by atoms with Crippen LogP contribution in [0.25, 0.3) is 0 Å². The van der Waals surface area contributed by atoms with Crippen molar-refractivity contribution in [3.05, 3.63) is 34.9 Å². The lowest BCUT2D eigenvalue weighted by Crippen LogP contribution is -2.31. The number of carbonyl (C=O) groups excluding carboxylic acids is 1. The van der Waals surface area contributed by atoms with Crippen molar-refractivity contribution >= 4 is 5.97 Å². The quantitative estimate of drug-likeness (QED) is 0.795. The van der Waals surface area contributed by atoms with Crippen molar-refractivity contribution in [2.45, 2.75) is 39.2 Å². The van der Waals surface area contributed by atoms with E-state index in [9.17, 15) is 4.79 Å². The molecule has 0 aliphatic heterocycles. The van der Waals surface area contributed by atoms with Crippen LogP contribution in [-0.4, -0.2) is 19.1 Å². The Morgan fingerprint density at radius 3 is 2.71 bits per heavy atom. The number of rotatable bonds is 5. The zero-order valence-corrected chi connectivity index (χ0v) is 10.8. The van der Waals surface area contributed by atoms with Crippen molar-refractivity contribution in [3.63, 3.8) is 0 Å². The van der Waals surface area contributed by atoms with E-state index in [-0.39, 0.29) is 5.97 Å². The number of methoxy groups -OCH3 is 1. The molecule has 0 aliphatic carbocycles. The fourth-order valence-corrected chi connectivity index (χ4v) is 1.91. The van der Waals surface area contributed by atoms with Crippen LogP contribution in [0.1, 0.15) is 29.5 Å². The number of aryl methyl sites for hydroxylation is 3. The smallest absolute Gasteiger partial charge is 0.322 e. The highest BCUT2D eigenvalue weighted by Gasteiger charge is 2.12. The zero-order chi connectivity index (χ0) is 12.8. The molecule has 3 nitrogen and oxygen atoms in total. The minimum atomic E-state index is -0.495. The van der Waals surface area contributed by atoms with E-state index in [0.29, 0.717) is 6.42 Å². The third-order valence-electron chi connectivity index (χ3n) is 2.96. The number of ether oxygens (including phenoxy) is 1. The first kappa shape index (κ1) is 13.7. The normalized spacial score (nSPS) is 12.2. The first-order valence-electron chi connectivity index (χ1n) is 5.94. The highest BCUT2D eigenvalue weighted by Crippen LogP contribution is 2.13. The molecule has 0 spiro atoms. The second-order valence-electron chi connectivity index (χ2n) is 4.45. The van der Waals surface area contributed by atoms with Crippen molar-refractivity contribution < 1.29 is 9.53 Å². The van der Waals surface area contributed by atoms with Crippen LogP contribution in [0.2, 0.25) is 0 Å². The Kier molecular flexibility index (Phi) is 5.16. The highest BCUT2D eigenvalue weighted by molar-refractivity contribution is 5.75. The van der Waals surface area contributed by atoms with Crippen LogP contribution >= 0.6 is 0 Å². The Labute approximate surface area is 103 Å². The largest absolute Gasteiger partial charge is 0.468 e. The Hall–Kier alpha value is -1.35. The molecule has 0 fully saturated rings. The molecular weight excluding hydrogens is 214 g/mol.